The molecule has 0 unspecified atom stereocenters. The van der Waals surface area contributed by atoms with E-state index in [0.29, 0.717) is 6.42 Å². The van der Waals surface area contributed by atoms with E-state index >= 15 is 0 Å². The fourth-order valence-electron chi connectivity index (χ4n) is 2.11. The van der Waals surface area contributed by atoms with Gasteiger partial charge in [-0.25, -0.2) is 4.79 Å². The van der Waals surface area contributed by atoms with Gasteiger partial charge in [0.15, 0.2) is 0 Å². The van der Waals surface area contributed by atoms with Crippen molar-refractivity contribution in [2.45, 2.75) is 33.2 Å². The maximum absolute atomic E-state index is 12.3. The Bertz CT molecular complexity index is 655. The Balaban J connectivity index is 3.13. The average molecular weight is 353 g/mol. The Labute approximate surface area is 143 Å². The largest absolute Gasteiger partial charge is 0.464 e. The molecule has 136 valence electrons. The van der Waals surface area contributed by atoms with E-state index in [1.54, 1.807) is 6.92 Å². The van der Waals surface area contributed by atoms with E-state index in [4.69, 9.17) is 4.74 Å². The molecule has 0 fully saturated rings. The van der Waals surface area contributed by atoms with E-state index in [0.717, 1.165) is 18.2 Å². The highest BCUT2D eigenvalue weighted by atomic mass is 16.6. The van der Waals surface area contributed by atoms with Gasteiger partial charge < -0.3 is 10.1 Å². The number of esters is 1. The van der Waals surface area contributed by atoms with Crippen LogP contribution in [0.1, 0.15) is 37.6 Å². The summed E-state index contributed by atoms with van der Waals surface area (Å²) in [5.41, 5.74) is -1.45. The van der Waals surface area contributed by atoms with Gasteiger partial charge in [-0.1, -0.05) is 13.8 Å². The maximum atomic E-state index is 12.3. The van der Waals surface area contributed by atoms with Crippen LogP contribution in [0.5, 0.6) is 0 Å². The number of carbonyl (C=O) groups excluding carboxylic acids is 2. The van der Waals surface area contributed by atoms with Gasteiger partial charge in [0, 0.05) is 12.1 Å². The summed E-state index contributed by atoms with van der Waals surface area (Å²) in [4.78, 5) is 44.4. The summed E-state index contributed by atoms with van der Waals surface area (Å²) in [5.74, 6) is -1.40. The lowest BCUT2D eigenvalue weighted by molar-refractivity contribution is -0.394. The molecule has 0 radical (unpaired) electrons. The van der Waals surface area contributed by atoms with Gasteiger partial charge in [-0.2, -0.15) is 0 Å². The molecule has 0 bridgehead atoms. The number of rotatable bonds is 8. The monoisotopic (exact) mass is 353 g/mol. The van der Waals surface area contributed by atoms with Crippen molar-refractivity contribution in [2.75, 3.05) is 6.61 Å². The molecule has 1 aromatic rings. The van der Waals surface area contributed by atoms with Gasteiger partial charge in [-0.15, -0.1) is 0 Å². The fraction of sp³-hybridized carbons (Fsp3) is 0.467. The van der Waals surface area contributed by atoms with Gasteiger partial charge in [-0.05, 0) is 19.3 Å². The molecule has 1 atom stereocenters. The average Bonchev–Trinajstić information content (AvgIpc) is 2.53. The topological polar surface area (TPSA) is 142 Å². The third-order valence-electron chi connectivity index (χ3n) is 3.17. The molecule has 0 aliphatic heterocycles. The molecule has 1 amide bonds. The summed E-state index contributed by atoms with van der Waals surface area (Å²) in [5, 5.41) is 24.2. The third kappa shape index (κ3) is 5.83. The Hall–Kier alpha value is -3.04. The predicted molar refractivity (Wildman–Crippen MR) is 87.1 cm³/mol. The Morgan fingerprint density at radius 3 is 2.04 bits per heavy atom. The molecule has 0 heterocycles. The van der Waals surface area contributed by atoms with Gasteiger partial charge >= 0.3 is 5.97 Å². The number of nitrogens with one attached hydrogen (secondary N) is 1. The highest BCUT2D eigenvalue weighted by molar-refractivity contribution is 5.97. The van der Waals surface area contributed by atoms with Crippen molar-refractivity contribution >= 4 is 23.3 Å². The van der Waals surface area contributed by atoms with Crippen LogP contribution < -0.4 is 5.32 Å². The summed E-state index contributed by atoms with van der Waals surface area (Å²) in [7, 11) is 0. The van der Waals surface area contributed by atoms with Crippen LogP contribution in [0.25, 0.3) is 0 Å². The summed E-state index contributed by atoms with van der Waals surface area (Å²) in [6.07, 6.45) is 0.293. The number of ether oxygens (including phenoxy) is 1. The smallest absolute Gasteiger partial charge is 0.328 e. The van der Waals surface area contributed by atoms with Crippen LogP contribution in [0.4, 0.5) is 11.4 Å². The number of amides is 1. The maximum Gasteiger partial charge on any atom is 0.328 e. The van der Waals surface area contributed by atoms with E-state index in [9.17, 15) is 29.8 Å². The minimum Gasteiger partial charge on any atom is -0.464 e. The Kier molecular flexibility index (Phi) is 6.97. The molecule has 1 rings (SSSR count). The second-order valence-electron chi connectivity index (χ2n) is 5.66. The van der Waals surface area contributed by atoms with Crippen molar-refractivity contribution < 1.29 is 24.2 Å². The number of benzene rings is 1. The molecule has 10 nitrogen and oxygen atoms in total. The summed E-state index contributed by atoms with van der Waals surface area (Å²) in [6, 6.07) is 1.64. The zero-order valence-electron chi connectivity index (χ0n) is 14.1. The van der Waals surface area contributed by atoms with E-state index in [-0.39, 0.29) is 18.1 Å². The van der Waals surface area contributed by atoms with Gasteiger partial charge in [-0.3, -0.25) is 25.0 Å². The number of hydrogen-bond donors (Lipinski definition) is 1. The second-order valence-corrected chi connectivity index (χ2v) is 5.66. The first-order valence-electron chi connectivity index (χ1n) is 7.57. The molecule has 0 aliphatic rings. The van der Waals surface area contributed by atoms with E-state index in [1.165, 1.54) is 0 Å². The number of non-ortho nitro benzene ring substituents is 2. The molecule has 0 saturated carbocycles. The van der Waals surface area contributed by atoms with Gasteiger partial charge in [0.1, 0.15) is 6.04 Å². The van der Waals surface area contributed by atoms with Crippen LogP contribution in [0.2, 0.25) is 0 Å². The van der Waals surface area contributed by atoms with E-state index in [2.05, 4.69) is 5.32 Å². The summed E-state index contributed by atoms with van der Waals surface area (Å²) in [6.45, 7) is 5.44. The van der Waals surface area contributed by atoms with Gasteiger partial charge in [0.05, 0.1) is 28.1 Å². The summed E-state index contributed by atoms with van der Waals surface area (Å²) < 4.78 is 4.90. The van der Waals surface area contributed by atoms with Crippen molar-refractivity contribution in [3.63, 3.8) is 0 Å². The molecule has 0 aliphatic carbocycles. The van der Waals surface area contributed by atoms with Crippen molar-refractivity contribution in [1.29, 1.82) is 0 Å². The van der Waals surface area contributed by atoms with E-state index < -0.39 is 39.1 Å². The van der Waals surface area contributed by atoms with Crippen molar-refractivity contribution in [3.8, 4) is 0 Å². The van der Waals surface area contributed by atoms with Crippen molar-refractivity contribution in [3.05, 3.63) is 44.0 Å². The van der Waals surface area contributed by atoms with Crippen LogP contribution in [-0.4, -0.2) is 34.4 Å². The number of nitro benzene ring substituents is 2. The molecule has 0 spiro atoms. The van der Waals surface area contributed by atoms with Gasteiger partial charge in [0.2, 0.25) is 0 Å². The fourth-order valence-corrected chi connectivity index (χ4v) is 2.11. The molecule has 10 heteroatoms. The zero-order chi connectivity index (χ0) is 19.1. The van der Waals surface area contributed by atoms with Crippen LogP contribution in [0, 0.1) is 26.1 Å². The highest BCUT2D eigenvalue weighted by Gasteiger charge is 2.26. The molecule has 25 heavy (non-hydrogen) atoms. The zero-order valence-corrected chi connectivity index (χ0v) is 14.1. The van der Waals surface area contributed by atoms with E-state index in [1.807, 2.05) is 13.8 Å². The third-order valence-corrected chi connectivity index (χ3v) is 3.17. The van der Waals surface area contributed by atoms with Crippen LogP contribution in [0.3, 0.4) is 0 Å². The Morgan fingerprint density at radius 2 is 1.64 bits per heavy atom. The molecule has 1 N–H and O–H groups in total. The lowest BCUT2D eigenvalue weighted by Crippen LogP contribution is -2.42. The first-order valence-corrected chi connectivity index (χ1v) is 7.57. The number of nitro groups is 2. The minimum absolute atomic E-state index is 0.0640. The lowest BCUT2D eigenvalue weighted by atomic mass is 10.0. The second kappa shape index (κ2) is 8.71. The van der Waals surface area contributed by atoms with Gasteiger partial charge in [0.25, 0.3) is 17.3 Å². The van der Waals surface area contributed by atoms with Crippen LogP contribution >= 0.6 is 0 Å². The first kappa shape index (κ1) is 20.0. The normalized spacial score (nSPS) is 11.7. The van der Waals surface area contributed by atoms with Crippen molar-refractivity contribution in [1.82, 2.24) is 5.32 Å². The number of nitrogens with zero attached hydrogens (tertiary/aromatic N) is 2. The standard InChI is InChI=1S/C15H19N3O7/c1-4-25-15(20)13(5-9(2)3)16-14(19)10-6-11(17(21)22)8-12(7-10)18(23)24/h6-9,13H,4-5H2,1-3H3,(H,16,19)/t13-/m0/s1. The molecular weight excluding hydrogens is 334 g/mol. The highest BCUT2D eigenvalue weighted by Crippen LogP contribution is 2.23. The predicted octanol–water partition coefficient (Wildman–Crippen LogP) is 2.21. The summed E-state index contributed by atoms with van der Waals surface area (Å²) >= 11 is 0. The van der Waals surface area contributed by atoms with Crippen LogP contribution in [0.15, 0.2) is 18.2 Å². The molecule has 0 saturated heterocycles. The van der Waals surface area contributed by atoms with Crippen LogP contribution in [-0.2, 0) is 9.53 Å². The Morgan fingerprint density at radius 1 is 1.12 bits per heavy atom. The lowest BCUT2D eigenvalue weighted by Gasteiger charge is -2.19. The van der Waals surface area contributed by atoms with Crippen molar-refractivity contribution in [2.24, 2.45) is 5.92 Å². The quantitative estimate of drug-likeness (QED) is 0.429. The number of carbonyl (C=O) groups is 2. The minimum atomic E-state index is -0.953. The molecule has 1 aromatic carbocycles. The number of hydrogen-bond acceptors (Lipinski definition) is 7. The molecular formula is C15H19N3O7. The first-order chi connectivity index (χ1) is 11.6. The SMILES string of the molecule is CCOC(=O)[C@H](CC(C)C)NC(=O)c1cc([N+](=O)[O-])cc([N+](=O)[O-])c1. The molecule has 0 aromatic heterocycles.